The van der Waals surface area contributed by atoms with E-state index in [2.05, 4.69) is 42.5 Å². The SMILES string of the molecule is CC(C)c1cccc(Oc2ccc(C3(CCC(=O)O)C=C(C4CCCC4)N4NC=CC(N)=C43)cc2)c1. The van der Waals surface area contributed by atoms with Crippen molar-refractivity contribution in [2.75, 3.05) is 0 Å². The number of hydrazine groups is 1. The number of carbonyl (C=O) groups is 1. The minimum Gasteiger partial charge on any atom is -0.481 e. The van der Waals surface area contributed by atoms with Crippen molar-refractivity contribution in [2.45, 2.75) is 63.7 Å². The van der Waals surface area contributed by atoms with Crippen LogP contribution in [0.4, 0.5) is 0 Å². The average molecular weight is 486 g/mol. The zero-order valence-electron chi connectivity index (χ0n) is 21.0. The van der Waals surface area contributed by atoms with Gasteiger partial charge >= 0.3 is 5.97 Å². The fraction of sp³-hybridized carbons (Fsp3) is 0.367. The Morgan fingerprint density at radius 3 is 2.61 bits per heavy atom. The summed E-state index contributed by atoms with van der Waals surface area (Å²) in [7, 11) is 0. The molecule has 0 bridgehead atoms. The summed E-state index contributed by atoms with van der Waals surface area (Å²) in [6.07, 6.45) is 11.2. The molecule has 0 saturated heterocycles. The lowest BCUT2D eigenvalue weighted by molar-refractivity contribution is -0.137. The molecule has 6 nitrogen and oxygen atoms in total. The Morgan fingerprint density at radius 2 is 1.92 bits per heavy atom. The number of fused-ring (bicyclic) bond motifs is 1. The van der Waals surface area contributed by atoms with Gasteiger partial charge in [-0.3, -0.25) is 9.80 Å². The smallest absolute Gasteiger partial charge is 0.303 e. The second kappa shape index (κ2) is 9.76. The molecule has 2 aromatic rings. The molecular weight excluding hydrogens is 450 g/mol. The van der Waals surface area contributed by atoms with Gasteiger partial charge in [0.1, 0.15) is 11.5 Å². The van der Waals surface area contributed by atoms with Crippen LogP contribution in [0.25, 0.3) is 0 Å². The summed E-state index contributed by atoms with van der Waals surface area (Å²) in [5.41, 5.74) is 14.4. The zero-order valence-corrected chi connectivity index (χ0v) is 21.0. The van der Waals surface area contributed by atoms with Crippen molar-refractivity contribution in [3.05, 3.63) is 95.1 Å². The third-order valence-corrected chi connectivity index (χ3v) is 7.68. The number of carboxylic acid groups (broad SMARTS) is 1. The lowest BCUT2D eigenvalue weighted by Crippen LogP contribution is -2.41. The Morgan fingerprint density at radius 1 is 1.17 bits per heavy atom. The van der Waals surface area contributed by atoms with Gasteiger partial charge in [0.2, 0.25) is 0 Å². The number of nitrogens with two attached hydrogens (primary N) is 1. The molecule has 36 heavy (non-hydrogen) atoms. The fourth-order valence-electron chi connectivity index (χ4n) is 5.79. The minimum absolute atomic E-state index is 0.0447. The molecule has 4 N–H and O–H groups in total. The second-order valence-corrected chi connectivity index (χ2v) is 10.4. The molecule has 188 valence electrons. The van der Waals surface area contributed by atoms with Crippen LogP contribution in [0.15, 0.2) is 84.0 Å². The molecule has 0 amide bonds. The van der Waals surface area contributed by atoms with Crippen molar-refractivity contribution in [1.29, 1.82) is 0 Å². The minimum atomic E-state index is -0.813. The monoisotopic (exact) mass is 485 g/mol. The number of ether oxygens (including phenoxy) is 1. The Kier molecular flexibility index (Phi) is 6.52. The van der Waals surface area contributed by atoms with Gasteiger partial charge in [-0.2, -0.15) is 0 Å². The highest BCUT2D eigenvalue weighted by atomic mass is 16.5. The summed E-state index contributed by atoms with van der Waals surface area (Å²) in [6, 6.07) is 16.2. The number of allylic oxidation sites excluding steroid dienone is 3. The molecular formula is C30H35N3O3. The first-order chi connectivity index (χ1) is 17.4. The molecule has 2 heterocycles. The van der Waals surface area contributed by atoms with E-state index in [1.165, 1.54) is 24.1 Å². The van der Waals surface area contributed by atoms with Crippen molar-refractivity contribution in [2.24, 2.45) is 11.7 Å². The molecule has 0 spiro atoms. The fourth-order valence-corrected chi connectivity index (χ4v) is 5.79. The molecule has 1 fully saturated rings. The van der Waals surface area contributed by atoms with Gasteiger partial charge in [-0.05, 0) is 72.7 Å². The van der Waals surface area contributed by atoms with E-state index in [-0.39, 0.29) is 6.42 Å². The summed E-state index contributed by atoms with van der Waals surface area (Å²) >= 11 is 0. The maximum Gasteiger partial charge on any atom is 0.303 e. The normalized spacial score (nSPS) is 21.5. The highest BCUT2D eigenvalue weighted by Crippen LogP contribution is 2.51. The number of hydrogen-bond acceptors (Lipinski definition) is 5. The van der Waals surface area contributed by atoms with Crippen molar-refractivity contribution in [1.82, 2.24) is 10.4 Å². The largest absolute Gasteiger partial charge is 0.481 e. The summed E-state index contributed by atoms with van der Waals surface area (Å²) in [5.74, 6) is 1.60. The van der Waals surface area contributed by atoms with Crippen molar-refractivity contribution >= 4 is 5.97 Å². The maximum atomic E-state index is 11.7. The van der Waals surface area contributed by atoms with E-state index in [0.717, 1.165) is 35.6 Å². The van der Waals surface area contributed by atoms with Gasteiger partial charge in [-0.15, -0.1) is 0 Å². The predicted molar refractivity (Wildman–Crippen MR) is 141 cm³/mol. The van der Waals surface area contributed by atoms with Crippen molar-refractivity contribution in [3.8, 4) is 11.5 Å². The summed E-state index contributed by atoms with van der Waals surface area (Å²) in [4.78, 5) is 11.7. The zero-order chi connectivity index (χ0) is 25.3. The summed E-state index contributed by atoms with van der Waals surface area (Å²) in [6.45, 7) is 4.33. The second-order valence-electron chi connectivity index (χ2n) is 10.4. The Hall–Kier alpha value is -3.67. The molecule has 2 aliphatic heterocycles. The molecule has 1 atom stereocenters. The molecule has 3 aliphatic rings. The molecule has 1 unspecified atom stereocenters. The number of nitrogens with zero attached hydrogens (tertiary/aromatic N) is 1. The molecule has 0 radical (unpaired) electrons. The van der Waals surface area contributed by atoms with Crippen molar-refractivity contribution in [3.63, 3.8) is 0 Å². The third-order valence-electron chi connectivity index (χ3n) is 7.68. The van der Waals surface area contributed by atoms with Crippen LogP contribution < -0.4 is 15.9 Å². The molecule has 0 aromatic heterocycles. The molecule has 6 heteroatoms. The number of aliphatic carboxylic acids is 1. The number of hydrogen-bond donors (Lipinski definition) is 3. The van der Waals surface area contributed by atoms with Crippen LogP contribution in [0.3, 0.4) is 0 Å². The van der Waals surface area contributed by atoms with Gasteiger partial charge in [0, 0.05) is 24.2 Å². The first kappa shape index (κ1) is 24.0. The van der Waals surface area contributed by atoms with E-state index in [4.69, 9.17) is 10.5 Å². The van der Waals surface area contributed by atoms with Gasteiger partial charge in [0.25, 0.3) is 0 Å². The van der Waals surface area contributed by atoms with Gasteiger partial charge in [0.05, 0.1) is 16.8 Å². The van der Waals surface area contributed by atoms with Crippen LogP contribution in [0.5, 0.6) is 11.5 Å². The third kappa shape index (κ3) is 4.48. The van der Waals surface area contributed by atoms with Crippen LogP contribution in [0.2, 0.25) is 0 Å². The summed E-state index contributed by atoms with van der Waals surface area (Å²) < 4.78 is 6.17. The average Bonchev–Trinajstić information content (AvgIpc) is 3.51. The summed E-state index contributed by atoms with van der Waals surface area (Å²) in [5, 5.41) is 11.7. The lowest BCUT2D eigenvalue weighted by Gasteiger charge is -2.37. The van der Waals surface area contributed by atoms with Crippen LogP contribution in [-0.4, -0.2) is 16.1 Å². The molecule has 1 saturated carbocycles. The van der Waals surface area contributed by atoms with Gasteiger partial charge in [-0.1, -0.05) is 51.0 Å². The molecule has 5 rings (SSSR count). The Bertz CT molecular complexity index is 1220. The number of rotatable bonds is 8. The number of carboxylic acids is 1. The molecule has 1 aliphatic carbocycles. The Labute approximate surface area is 213 Å². The van der Waals surface area contributed by atoms with Crippen molar-refractivity contribution < 1.29 is 14.6 Å². The maximum absolute atomic E-state index is 11.7. The van der Waals surface area contributed by atoms with Gasteiger partial charge in [-0.25, -0.2) is 0 Å². The van der Waals surface area contributed by atoms with E-state index >= 15 is 0 Å². The van der Waals surface area contributed by atoms with Crippen LogP contribution in [0.1, 0.15) is 69.4 Å². The number of nitrogens with one attached hydrogen (secondary N) is 1. The first-order valence-electron chi connectivity index (χ1n) is 12.9. The highest BCUT2D eigenvalue weighted by molar-refractivity contribution is 5.68. The van der Waals surface area contributed by atoms with E-state index in [1.807, 2.05) is 48.7 Å². The van der Waals surface area contributed by atoms with E-state index in [1.54, 1.807) is 0 Å². The first-order valence-corrected chi connectivity index (χ1v) is 12.9. The van der Waals surface area contributed by atoms with Crippen LogP contribution in [0, 0.1) is 5.92 Å². The van der Waals surface area contributed by atoms with Crippen LogP contribution in [-0.2, 0) is 10.2 Å². The van der Waals surface area contributed by atoms with E-state index < -0.39 is 11.4 Å². The highest BCUT2D eigenvalue weighted by Gasteiger charge is 2.48. The lowest BCUT2D eigenvalue weighted by atomic mass is 9.74. The predicted octanol–water partition coefficient (Wildman–Crippen LogP) is 6.30. The van der Waals surface area contributed by atoms with Gasteiger partial charge in [0.15, 0.2) is 0 Å². The van der Waals surface area contributed by atoms with E-state index in [9.17, 15) is 9.90 Å². The van der Waals surface area contributed by atoms with E-state index in [0.29, 0.717) is 24.0 Å². The molecule has 2 aromatic carbocycles. The van der Waals surface area contributed by atoms with Crippen LogP contribution >= 0.6 is 0 Å². The number of benzene rings is 2. The topological polar surface area (TPSA) is 87.8 Å². The Balaban J connectivity index is 1.53. The quantitative estimate of drug-likeness (QED) is 0.407. The van der Waals surface area contributed by atoms with Gasteiger partial charge < -0.3 is 21.0 Å². The standard InChI is InChI=1S/C30H35N3O3/c1-20(2)22-8-5-9-25(18-22)36-24-12-10-23(11-13-24)30(16-14-28(34)35)19-27(21-6-3-4-7-21)33-29(30)26(31)15-17-32-33/h5,8-13,15,17-21,32H,3-4,6-7,14,16,31H2,1-2H3,(H,34,35).